The monoisotopic (exact) mass is 398 g/mol. The highest BCUT2D eigenvalue weighted by atomic mass is 16.5. The van der Waals surface area contributed by atoms with Crippen molar-refractivity contribution in [2.24, 2.45) is 0 Å². The van der Waals surface area contributed by atoms with Crippen LogP contribution in [-0.2, 0) is 9.59 Å². The summed E-state index contributed by atoms with van der Waals surface area (Å²) in [5.41, 5.74) is 1.16. The van der Waals surface area contributed by atoms with Crippen LogP contribution in [0.25, 0.3) is 0 Å². The van der Waals surface area contributed by atoms with Gasteiger partial charge in [-0.25, -0.2) is 9.59 Å². The van der Waals surface area contributed by atoms with E-state index in [9.17, 15) is 5.11 Å². The number of carboxylic acid groups (broad SMARTS) is 2. The van der Waals surface area contributed by atoms with E-state index in [4.69, 9.17) is 24.5 Å². The fourth-order valence-corrected chi connectivity index (χ4v) is 2.55. The number of nitrogens with zero attached hydrogens (tertiary/aromatic N) is 1. The third-order valence-electron chi connectivity index (χ3n) is 3.87. The van der Waals surface area contributed by atoms with Crippen molar-refractivity contribution in [2.45, 2.75) is 52.8 Å². The van der Waals surface area contributed by atoms with Crippen LogP contribution in [0.4, 0.5) is 0 Å². The molecular formula is C20H34N2O6. The number of aryl methyl sites for hydroxylation is 1. The molecule has 0 radical (unpaired) electrons. The Morgan fingerprint density at radius 1 is 1.11 bits per heavy atom. The highest BCUT2D eigenvalue weighted by Crippen LogP contribution is 2.12. The van der Waals surface area contributed by atoms with Gasteiger partial charge < -0.3 is 25.4 Å². The van der Waals surface area contributed by atoms with Gasteiger partial charge in [0.15, 0.2) is 0 Å². The van der Waals surface area contributed by atoms with Gasteiger partial charge in [-0.05, 0) is 52.3 Å². The predicted octanol–water partition coefficient (Wildman–Crippen LogP) is 1.60. The van der Waals surface area contributed by atoms with E-state index >= 15 is 0 Å². The van der Waals surface area contributed by atoms with Gasteiger partial charge >= 0.3 is 11.9 Å². The molecule has 1 aromatic rings. The smallest absolute Gasteiger partial charge is 0.414 e. The molecule has 0 aliphatic carbocycles. The number of hydrogen-bond acceptors (Lipinski definition) is 6. The number of hydrogen-bond donors (Lipinski definition) is 4. The lowest BCUT2D eigenvalue weighted by molar-refractivity contribution is -0.159. The Bertz CT molecular complexity index is 572. The highest BCUT2D eigenvalue weighted by Gasteiger charge is 2.12. The van der Waals surface area contributed by atoms with E-state index in [1.807, 2.05) is 31.2 Å². The lowest BCUT2D eigenvalue weighted by Crippen LogP contribution is -2.43. The molecule has 160 valence electrons. The highest BCUT2D eigenvalue weighted by molar-refractivity contribution is 6.27. The van der Waals surface area contributed by atoms with Crippen LogP contribution in [0.2, 0.25) is 0 Å². The predicted molar refractivity (Wildman–Crippen MR) is 108 cm³/mol. The molecule has 1 rings (SSSR count). The summed E-state index contributed by atoms with van der Waals surface area (Å²) < 4.78 is 5.60. The Hall–Kier alpha value is -2.16. The maximum atomic E-state index is 9.96. The van der Waals surface area contributed by atoms with Gasteiger partial charge in [-0.15, -0.1) is 0 Å². The third kappa shape index (κ3) is 12.3. The number of carboxylic acids is 2. The van der Waals surface area contributed by atoms with Crippen LogP contribution in [0.3, 0.4) is 0 Å². The molecular weight excluding hydrogens is 364 g/mol. The summed E-state index contributed by atoms with van der Waals surface area (Å²) >= 11 is 0. The van der Waals surface area contributed by atoms with Crippen LogP contribution in [0, 0.1) is 6.92 Å². The molecule has 0 heterocycles. The standard InChI is InChI=1S/C18H32N2O2.C2H2O4/c1-14(2)20(15(3)4)10-9-19-12-17(21)13-22-18-8-6-7-16(5)11-18;3-1(4)2(5)6/h6-8,11,14-15,17,19,21H,9-10,12-13H2,1-5H3;(H,3,4)(H,5,6). The Kier molecular flexibility index (Phi) is 12.9. The van der Waals surface area contributed by atoms with Crippen molar-refractivity contribution in [1.29, 1.82) is 0 Å². The zero-order valence-electron chi connectivity index (χ0n) is 17.4. The topological polar surface area (TPSA) is 119 Å². The molecule has 0 amide bonds. The lowest BCUT2D eigenvalue weighted by Gasteiger charge is -2.30. The number of carbonyl (C=O) groups is 2. The van der Waals surface area contributed by atoms with Crippen LogP contribution < -0.4 is 10.1 Å². The lowest BCUT2D eigenvalue weighted by atomic mass is 10.2. The molecule has 1 unspecified atom stereocenters. The molecule has 0 saturated carbocycles. The number of nitrogens with one attached hydrogen (secondary N) is 1. The Labute approximate surface area is 167 Å². The zero-order valence-corrected chi connectivity index (χ0v) is 17.4. The Morgan fingerprint density at radius 3 is 2.14 bits per heavy atom. The number of ether oxygens (including phenoxy) is 1. The first-order valence-electron chi connectivity index (χ1n) is 9.34. The van der Waals surface area contributed by atoms with E-state index in [-0.39, 0.29) is 0 Å². The van der Waals surface area contributed by atoms with Crippen molar-refractivity contribution in [1.82, 2.24) is 10.2 Å². The second kappa shape index (κ2) is 13.9. The zero-order chi connectivity index (χ0) is 21.7. The summed E-state index contributed by atoms with van der Waals surface area (Å²) in [5.74, 6) is -2.84. The SMILES string of the molecule is Cc1cccc(OCC(O)CNCCN(C(C)C)C(C)C)c1.O=C(O)C(=O)O. The number of benzene rings is 1. The molecule has 0 saturated heterocycles. The molecule has 0 bridgehead atoms. The van der Waals surface area contributed by atoms with Crippen molar-refractivity contribution in [3.63, 3.8) is 0 Å². The van der Waals surface area contributed by atoms with Gasteiger partial charge in [-0.1, -0.05) is 12.1 Å². The quantitative estimate of drug-likeness (QED) is 0.347. The van der Waals surface area contributed by atoms with Gasteiger partial charge in [-0.2, -0.15) is 0 Å². The van der Waals surface area contributed by atoms with Gasteiger partial charge in [0.1, 0.15) is 18.5 Å². The summed E-state index contributed by atoms with van der Waals surface area (Å²) in [6.07, 6.45) is -0.493. The number of aliphatic hydroxyl groups is 1. The number of aliphatic hydroxyl groups excluding tert-OH is 1. The molecule has 1 atom stereocenters. The van der Waals surface area contributed by atoms with E-state index in [2.05, 4.69) is 37.9 Å². The summed E-state index contributed by atoms with van der Waals surface area (Å²) in [7, 11) is 0. The summed E-state index contributed by atoms with van der Waals surface area (Å²) in [6, 6.07) is 8.95. The molecule has 4 N–H and O–H groups in total. The molecule has 0 aliphatic heterocycles. The molecule has 0 spiro atoms. The minimum atomic E-state index is -1.82. The fraction of sp³-hybridized carbons (Fsp3) is 0.600. The van der Waals surface area contributed by atoms with E-state index in [1.54, 1.807) is 0 Å². The van der Waals surface area contributed by atoms with Gasteiger partial charge in [-0.3, -0.25) is 4.90 Å². The van der Waals surface area contributed by atoms with Crippen molar-refractivity contribution < 1.29 is 29.6 Å². The van der Waals surface area contributed by atoms with Crippen LogP contribution in [0.1, 0.15) is 33.3 Å². The molecule has 1 aromatic carbocycles. The normalized spacial score (nSPS) is 11.9. The van der Waals surface area contributed by atoms with E-state index in [0.29, 0.717) is 25.2 Å². The summed E-state index contributed by atoms with van der Waals surface area (Å²) in [4.78, 5) is 20.6. The van der Waals surface area contributed by atoms with E-state index in [0.717, 1.165) is 24.4 Å². The van der Waals surface area contributed by atoms with Crippen molar-refractivity contribution in [2.75, 3.05) is 26.2 Å². The van der Waals surface area contributed by atoms with Crippen molar-refractivity contribution in [3.8, 4) is 5.75 Å². The number of rotatable bonds is 10. The molecule has 28 heavy (non-hydrogen) atoms. The van der Waals surface area contributed by atoms with Crippen LogP contribution >= 0.6 is 0 Å². The average molecular weight is 399 g/mol. The maximum absolute atomic E-state index is 9.96. The first-order chi connectivity index (χ1) is 13.0. The van der Waals surface area contributed by atoms with Gasteiger partial charge in [0.05, 0.1) is 0 Å². The minimum absolute atomic E-state index is 0.314. The van der Waals surface area contributed by atoms with Gasteiger partial charge in [0, 0.05) is 31.7 Å². The van der Waals surface area contributed by atoms with Gasteiger partial charge in [0.2, 0.25) is 0 Å². The summed E-state index contributed by atoms with van der Waals surface area (Å²) in [5, 5.41) is 28.0. The van der Waals surface area contributed by atoms with Gasteiger partial charge in [0.25, 0.3) is 0 Å². The maximum Gasteiger partial charge on any atom is 0.414 e. The first kappa shape index (κ1) is 25.8. The molecule has 8 heteroatoms. The minimum Gasteiger partial charge on any atom is -0.491 e. The Morgan fingerprint density at radius 2 is 1.68 bits per heavy atom. The van der Waals surface area contributed by atoms with Crippen LogP contribution in [0.15, 0.2) is 24.3 Å². The van der Waals surface area contributed by atoms with Crippen LogP contribution in [0.5, 0.6) is 5.75 Å². The average Bonchev–Trinajstić information content (AvgIpc) is 2.59. The largest absolute Gasteiger partial charge is 0.491 e. The molecule has 0 aromatic heterocycles. The van der Waals surface area contributed by atoms with E-state index < -0.39 is 18.0 Å². The Balaban J connectivity index is 0.00000105. The summed E-state index contributed by atoms with van der Waals surface area (Å²) in [6.45, 7) is 13.6. The fourth-order valence-electron chi connectivity index (χ4n) is 2.55. The van der Waals surface area contributed by atoms with Crippen molar-refractivity contribution in [3.05, 3.63) is 29.8 Å². The third-order valence-corrected chi connectivity index (χ3v) is 3.87. The van der Waals surface area contributed by atoms with Crippen LogP contribution in [-0.4, -0.2) is 76.6 Å². The van der Waals surface area contributed by atoms with E-state index in [1.165, 1.54) is 0 Å². The first-order valence-corrected chi connectivity index (χ1v) is 9.34. The molecule has 0 fully saturated rings. The number of aliphatic carboxylic acids is 2. The molecule has 8 nitrogen and oxygen atoms in total. The molecule has 0 aliphatic rings. The second-order valence-corrected chi connectivity index (χ2v) is 7.02. The van der Waals surface area contributed by atoms with Crippen molar-refractivity contribution >= 4 is 11.9 Å². The second-order valence-electron chi connectivity index (χ2n) is 7.02.